The van der Waals surface area contributed by atoms with E-state index in [0.29, 0.717) is 13.2 Å². The fraction of sp³-hybridized carbons (Fsp3) is 0.818. The van der Waals surface area contributed by atoms with Crippen LogP contribution in [0, 0.1) is 5.92 Å². The Labute approximate surface area is 98.5 Å². The van der Waals surface area contributed by atoms with Crippen molar-refractivity contribution in [1.82, 2.24) is 4.90 Å². The molecule has 6 heteroatoms. The van der Waals surface area contributed by atoms with E-state index in [0.717, 1.165) is 12.8 Å². The number of amides is 1. The van der Waals surface area contributed by atoms with Crippen LogP contribution in [0.1, 0.15) is 19.3 Å². The molecular weight excluding hydrogens is 229 g/mol. The van der Waals surface area contributed by atoms with Crippen molar-refractivity contribution in [2.45, 2.75) is 24.9 Å². The van der Waals surface area contributed by atoms with E-state index in [1.165, 1.54) is 4.90 Å². The third-order valence-electron chi connectivity index (χ3n) is 3.42. The number of rotatable bonds is 2. The van der Waals surface area contributed by atoms with E-state index in [1.54, 1.807) is 0 Å². The molecule has 2 rings (SSSR count). The molecule has 0 aliphatic carbocycles. The van der Waals surface area contributed by atoms with Gasteiger partial charge in [0.05, 0.1) is 19.1 Å². The van der Waals surface area contributed by atoms with Gasteiger partial charge in [-0.3, -0.25) is 4.79 Å². The first kappa shape index (κ1) is 12.3. The van der Waals surface area contributed by atoms with E-state index >= 15 is 0 Å². The highest BCUT2D eigenvalue weighted by Crippen LogP contribution is 2.28. The second-order valence-corrected chi connectivity index (χ2v) is 4.69. The summed E-state index contributed by atoms with van der Waals surface area (Å²) >= 11 is 0. The molecule has 5 nitrogen and oxygen atoms in total. The summed E-state index contributed by atoms with van der Waals surface area (Å²) in [6.45, 7) is 0.865. The fourth-order valence-corrected chi connectivity index (χ4v) is 2.33. The quantitative estimate of drug-likeness (QED) is 0.766. The van der Waals surface area contributed by atoms with E-state index < -0.39 is 11.6 Å². The van der Waals surface area contributed by atoms with Crippen molar-refractivity contribution >= 4 is 11.9 Å². The Morgan fingerprint density at radius 1 is 1.47 bits per heavy atom. The summed E-state index contributed by atoms with van der Waals surface area (Å²) in [6.07, 6.45) is 1.44. The third kappa shape index (κ3) is 2.41. The Hall–Kier alpha value is -1.17. The average molecular weight is 245 g/mol. The van der Waals surface area contributed by atoms with Crippen LogP contribution in [0.25, 0.3) is 0 Å². The van der Waals surface area contributed by atoms with Gasteiger partial charge in [0.1, 0.15) is 0 Å². The average Bonchev–Trinajstić information content (AvgIpc) is 2.74. The van der Waals surface area contributed by atoms with Crippen molar-refractivity contribution < 1.29 is 23.8 Å². The second-order valence-electron chi connectivity index (χ2n) is 4.69. The molecule has 0 aromatic carbocycles. The summed E-state index contributed by atoms with van der Waals surface area (Å²) < 4.78 is 19.0. The number of hydrogen-bond acceptors (Lipinski definition) is 3. The summed E-state index contributed by atoms with van der Waals surface area (Å²) in [5, 5.41) is 8.74. The Morgan fingerprint density at radius 2 is 2.24 bits per heavy atom. The molecule has 96 valence electrons. The maximum atomic E-state index is 13.8. The Kier molecular flexibility index (Phi) is 3.33. The fourth-order valence-electron chi connectivity index (χ4n) is 2.33. The van der Waals surface area contributed by atoms with E-state index in [-0.39, 0.29) is 31.3 Å². The number of ether oxygens (including phenoxy) is 1. The molecule has 17 heavy (non-hydrogen) atoms. The number of carboxylic acid groups (broad SMARTS) is 1. The first-order valence-electron chi connectivity index (χ1n) is 5.82. The normalized spacial score (nSPS) is 33.7. The first-order valence-corrected chi connectivity index (χ1v) is 5.82. The van der Waals surface area contributed by atoms with Crippen molar-refractivity contribution in [1.29, 1.82) is 0 Å². The summed E-state index contributed by atoms with van der Waals surface area (Å²) in [5.41, 5.74) is -2.27. The molecule has 2 unspecified atom stereocenters. The SMILES string of the molecule is O=C(C1CCCOC1)N1CCC(F)(C(=O)O)C1. The molecule has 2 heterocycles. The summed E-state index contributed by atoms with van der Waals surface area (Å²) in [5.74, 6) is -1.89. The van der Waals surface area contributed by atoms with Gasteiger partial charge in [0.15, 0.2) is 0 Å². The molecule has 0 spiro atoms. The van der Waals surface area contributed by atoms with Crippen LogP contribution in [0.5, 0.6) is 0 Å². The molecular formula is C11H16FNO4. The van der Waals surface area contributed by atoms with Crippen LogP contribution in [-0.4, -0.2) is 53.9 Å². The van der Waals surface area contributed by atoms with Gasteiger partial charge in [0.2, 0.25) is 11.6 Å². The van der Waals surface area contributed by atoms with Crippen molar-refractivity contribution in [2.75, 3.05) is 26.3 Å². The van der Waals surface area contributed by atoms with Crippen LogP contribution < -0.4 is 0 Å². The van der Waals surface area contributed by atoms with Crippen molar-refractivity contribution in [3.05, 3.63) is 0 Å². The topological polar surface area (TPSA) is 66.8 Å². The Bertz CT molecular complexity index is 329. The molecule has 0 aromatic heterocycles. The minimum atomic E-state index is -2.27. The predicted octanol–water partition coefficient (Wildman–Crippen LogP) is 0.438. The Balaban J connectivity index is 1.95. The largest absolute Gasteiger partial charge is 0.479 e. The van der Waals surface area contributed by atoms with Gasteiger partial charge >= 0.3 is 5.97 Å². The molecule has 2 saturated heterocycles. The lowest BCUT2D eigenvalue weighted by molar-refractivity contribution is -0.150. The zero-order valence-corrected chi connectivity index (χ0v) is 9.52. The minimum Gasteiger partial charge on any atom is -0.479 e. The van der Waals surface area contributed by atoms with Gasteiger partial charge in [-0.25, -0.2) is 9.18 Å². The molecule has 2 fully saturated rings. The zero-order chi connectivity index (χ0) is 12.5. The van der Waals surface area contributed by atoms with Crippen LogP contribution in [0.3, 0.4) is 0 Å². The molecule has 2 atom stereocenters. The van der Waals surface area contributed by atoms with Gasteiger partial charge in [-0.15, -0.1) is 0 Å². The molecule has 2 aliphatic rings. The summed E-state index contributed by atoms with van der Waals surface area (Å²) in [7, 11) is 0. The van der Waals surface area contributed by atoms with E-state index in [4.69, 9.17) is 9.84 Å². The standard InChI is InChI=1S/C11H16FNO4/c12-11(10(15)16)3-4-13(7-11)9(14)8-2-1-5-17-6-8/h8H,1-7H2,(H,15,16). The highest BCUT2D eigenvalue weighted by molar-refractivity contribution is 5.83. The molecule has 1 amide bonds. The number of alkyl halides is 1. The van der Waals surface area contributed by atoms with Crippen LogP contribution >= 0.6 is 0 Å². The highest BCUT2D eigenvalue weighted by atomic mass is 19.1. The van der Waals surface area contributed by atoms with Crippen molar-refractivity contribution in [2.24, 2.45) is 5.92 Å². The molecule has 1 N–H and O–H groups in total. The lowest BCUT2D eigenvalue weighted by Gasteiger charge is -2.26. The maximum Gasteiger partial charge on any atom is 0.343 e. The van der Waals surface area contributed by atoms with Crippen molar-refractivity contribution in [3.63, 3.8) is 0 Å². The van der Waals surface area contributed by atoms with Crippen LogP contribution in [0.15, 0.2) is 0 Å². The second kappa shape index (κ2) is 4.60. The predicted molar refractivity (Wildman–Crippen MR) is 56.2 cm³/mol. The zero-order valence-electron chi connectivity index (χ0n) is 9.52. The smallest absolute Gasteiger partial charge is 0.343 e. The van der Waals surface area contributed by atoms with E-state index in [2.05, 4.69) is 0 Å². The van der Waals surface area contributed by atoms with Gasteiger partial charge in [-0.05, 0) is 12.8 Å². The highest BCUT2D eigenvalue weighted by Gasteiger charge is 2.47. The van der Waals surface area contributed by atoms with Crippen molar-refractivity contribution in [3.8, 4) is 0 Å². The molecule has 0 aromatic rings. The van der Waals surface area contributed by atoms with Crippen LogP contribution in [-0.2, 0) is 14.3 Å². The number of carbonyl (C=O) groups excluding carboxylic acids is 1. The first-order chi connectivity index (χ1) is 8.03. The van der Waals surface area contributed by atoms with E-state index in [9.17, 15) is 14.0 Å². The number of carboxylic acids is 1. The van der Waals surface area contributed by atoms with E-state index in [1.807, 2.05) is 0 Å². The number of aliphatic carboxylic acids is 1. The Morgan fingerprint density at radius 3 is 2.76 bits per heavy atom. The third-order valence-corrected chi connectivity index (χ3v) is 3.42. The molecule has 2 aliphatic heterocycles. The summed E-state index contributed by atoms with van der Waals surface area (Å²) in [6, 6.07) is 0. The molecule has 0 saturated carbocycles. The number of nitrogens with zero attached hydrogens (tertiary/aromatic N) is 1. The molecule has 0 radical (unpaired) electrons. The maximum absolute atomic E-state index is 13.8. The van der Waals surface area contributed by atoms with Gasteiger partial charge in [0.25, 0.3) is 0 Å². The van der Waals surface area contributed by atoms with Crippen LogP contribution in [0.4, 0.5) is 4.39 Å². The number of hydrogen-bond donors (Lipinski definition) is 1. The number of likely N-dealkylation sites (tertiary alicyclic amines) is 1. The minimum absolute atomic E-state index is 0.123. The lowest BCUT2D eigenvalue weighted by Crippen LogP contribution is -2.42. The van der Waals surface area contributed by atoms with Crippen LogP contribution in [0.2, 0.25) is 0 Å². The molecule has 0 bridgehead atoms. The van der Waals surface area contributed by atoms with Gasteiger partial charge < -0.3 is 14.7 Å². The van der Waals surface area contributed by atoms with Gasteiger partial charge in [-0.2, -0.15) is 0 Å². The monoisotopic (exact) mass is 245 g/mol. The van der Waals surface area contributed by atoms with Gasteiger partial charge in [-0.1, -0.05) is 0 Å². The van der Waals surface area contributed by atoms with Gasteiger partial charge in [0, 0.05) is 19.6 Å². The lowest BCUT2D eigenvalue weighted by atomic mass is 10.0. The summed E-state index contributed by atoms with van der Waals surface area (Å²) in [4.78, 5) is 24.0. The number of halogens is 1. The number of carbonyl (C=O) groups is 2.